The summed E-state index contributed by atoms with van der Waals surface area (Å²) in [6, 6.07) is 8.66. The number of aliphatic hydroxyl groups is 1. The maximum Gasteiger partial charge on any atom is 0.0721 e. The van der Waals surface area contributed by atoms with Gasteiger partial charge in [0.1, 0.15) is 0 Å². The quantitative estimate of drug-likeness (QED) is 0.845. The van der Waals surface area contributed by atoms with Crippen LogP contribution in [0.3, 0.4) is 0 Å². The molecule has 2 aliphatic carbocycles. The fourth-order valence-corrected chi connectivity index (χ4v) is 2.44. The average molecular weight is 232 g/mol. The van der Waals surface area contributed by atoms with Crippen molar-refractivity contribution in [2.24, 2.45) is 0 Å². The third kappa shape index (κ3) is 2.53. The van der Waals surface area contributed by atoms with Crippen LogP contribution >= 0.6 is 0 Å². The van der Waals surface area contributed by atoms with Gasteiger partial charge in [-0.3, -0.25) is 0 Å². The maximum absolute atomic E-state index is 9.87. The lowest BCUT2D eigenvalue weighted by molar-refractivity contribution is 0.0807. The molecular formula is C15H20O2. The van der Waals surface area contributed by atoms with E-state index in [4.69, 9.17) is 4.74 Å². The van der Waals surface area contributed by atoms with Gasteiger partial charge >= 0.3 is 0 Å². The van der Waals surface area contributed by atoms with E-state index in [2.05, 4.69) is 24.3 Å². The van der Waals surface area contributed by atoms with Crippen LogP contribution in [0, 0.1) is 0 Å². The van der Waals surface area contributed by atoms with Gasteiger partial charge in [0.2, 0.25) is 0 Å². The summed E-state index contributed by atoms with van der Waals surface area (Å²) >= 11 is 0. The van der Waals surface area contributed by atoms with Crippen LogP contribution in [0.15, 0.2) is 24.3 Å². The first-order valence-electron chi connectivity index (χ1n) is 6.49. The maximum atomic E-state index is 9.87. The zero-order valence-corrected chi connectivity index (χ0v) is 10.4. The van der Waals surface area contributed by atoms with E-state index in [0.717, 1.165) is 25.7 Å². The van der Waals surface area contributed by atoms with Crippen molar-refractivity contribution in [2.45, 2.75) is 49.7 Å². The molecular weight excluding hydrogens is 212 g/mol. The first kappa shape index (κ1) is 11.2. The molecule has 17 heavy (non-hydrogen) atoms. The minimum Gasteiger partial charge on any atom is -0.390 e. The molecule has 0 unspecified atom stereocenters. The molecule has 2 heteroatoms. The fraction of sp³-hybridized carbons (Fsp3) is 0.600. The normalized spacial score (nSPS) is 23.4. The van der Waals surface area contributed by atoms with Crippen LogP contribution in [0.1, 0.15) is 36.8 Å². The van der Waals surface area contributed by atoms with Gasteiger partial charge in [-0.15, -0.1) is 0 Å². The molecule has 2 fully saturated rings. The Balaban J connectivity index is 1.63. The third-order valence-electron chi connectivity index (χ3n) is 4.15. The van der Waals surface area contributed by atoms with E-state index >= 15 is 0 Å². The van der Waals surface area contributed by atoms with Crippen LogP contribution in [0.25, 0.3) is 0 Å². The molecule has 92 valence electrons. The number of benzene rings is 1. The summed E-state index contributed by atoms with van der Waals surface area (Å²) in [6.07, 6.45) is 6.12. The Kier molecular flexibility index (Phi) is 2.53. The van der Waals surface area contributed by atoms with Crippen LogP contribution in [0.4, 0.5) is 0 Å². The molecule has 0 atom stereocenters. The van der Waals surface area contributed by atoms with Crippen LogP contribution in [0.5, 0.6) is 0 Å². The molecule has 0 amide bonds. The molecule has 0 heterocycles. The number of ether oxygens (including phenoxy) is 1. The minimum absolute atomic E-state index is 0.135. The lowest BCUT2D eigenvalue weighted by Gasteiger charge is -2.14. The second kappa shape index (κ2) is 3.82. The molecule has 0 aromatic heterocycles. The Hall–Kier alpha value is -0.860. The zero-order chi connectivity index (χ0) is 11.9. The van der Waals surface area contributed by atoms with Crippen LogP contribution in [0.2, 0.25) is 0 Å². The number of rotatable bonds is 5. The molecule has 2 nitrogen and oxygen atoms in total. The number of hydrogen-bond donors (Lipinski definition) is 1. The van der Waals surface area contributed by atoms with Crippen molar-refractivity contribution in [1.82, 2.24) is 0 Å². The largest absolute Gasteiger partial charge is 0.390 e. The van der Waals surface area contributed by atoms with Crippen molar-refractivity contribution in [3.63, 3.8) is 0 Å². The SMILES string of the molecule is COC1(Cc2ccc(CC3(O)CC3)cc2)CC1. The van der Waals surface area contributed by atoms with Gasteiger partial charge in [0.05, 0.1) is 11.2 Å². The van der Waals surface area contributed by atoms with E-state index in [9.17, 15) is 5.11 Å². The van der Waals surface area contributed by atoms with Crippen LogP contribution in [-0.4, -0.2) is 23.4 Å². The summed E-state index contributed by atoms with van der Waals surface area (Å²) in [6.45, 7) is 0. The van der Waals surface area contributed by atoms with Crippen molar-refractivity contribution in [3.8, 4) is 0 Å². The van der Waals surface area contributed by atoms with Crippen LogP contribution < -0.4 is 0 Å². The van der Waals surface area contributed by atoms with Gasteiger partial charge in [0, 0.05) is 20.0 Å². The van der Waals surface area contributed by atoms with Gasteiger partial charge in [-0.05, 0) is 36.8 Å². The highest BCUT2D eigenvalue weighted by atomic mass is 16.5. The Labute approximate surface area is 103 Å². The van der Waals surface area contributed by atoms with Crippen molar-refractivity contribution in [2.75, 3.05) is 7.11 Å². The van der Waals surface area contributed by atoms with Gasteiger partial charge < -0.3 is 9.84 Å². The van der Waals surface area contributed by atoms with E-state index in [1.807, 2.05) is 7.11 Å². The van der Waals surface area contributed by atoms with Gasteiger partial charge in [0.25, 0.3) is 0 Å². The molecule has 3 rings (SSSR count). The molecule has 1 aromatic carbocycles. The topological polar surface area (TPSA) is 29.5 Å². The minimum atomic E-state index is -0.383. The van der Waals surface area contributed by atoms with Gasteiger partial charge in [-0.2, -0.15) is 0 Å². The van der Waals surface area contributed by atoms with Crippen molar-refractivity contribution >= 4 is 0 Å². The fourth-order valence-electron chi connectivity index (χ4n) is 2.44. The van der Waals surface area contributed by atoms with E-state index < -0.39 is 0 Å². The van der Waals surface area contributed by atoms with Gasteiger partial charge in [-0.25, -0.2) is 0 Å². The Morgan fingerprint density at radius 2 is 1.53 bits per heavy atom. The van der Waals surface area contributed by atoms with E-state index in [0.29, 0.717) is 0 Å². The molecule has 2 aliphatic rings. The lowest BCUT2D eigenvalue weighted by Crippen LogP contribution is -2.15. The second-order valence-electron chi connectivity index (χ2n) is 5.78. The molecule has 1 N–H and O–H groups in total. The Morgan fingerprint density at radius 3 is 1.94 bits per heavy atom. The average Bonchev–Trinajstić information content (AvgIpc) is 3.22. The Morgan fingerprint density at radius 1 is 1.00 bits per heavy atom. The number of methoxy groups -OCH3 is 1. The number of hydrogen-bond acceptors (Lipinski definition) is 2. The molecule has 0 saturated heterocycles. The third-order valence-corrected chi connectivity index (χ3v) is 4.15. The molecule has 2 saturated carbocycles. The van der Waals surface area contributed by atoms with Gasteiger partial charge in [0.15, 0.2) is 0 Å². The van der Waals surface area contributed by atoms with E-state index in [-0.39, 0.29) is 11.2 Å². The van der Waals surface area contributed by atoms with Crippen LogP contribution in [-0.2, 0) is 17.6 Å². The molecule has 0 radical (unpaired) electrons. The Bertz CT molecular complexity index is 399. The monoisotopic (exact) mass is 232 g/mol. The van der Waals surface area contributed by atoms with E-state index in [1.54, 1.807) is 0 Å². The highest BCUT2D eigenvalue weighted by molar-refractivity contribution is 5.27. The molecule has 0 aliphatic heterocycles. The smallest absolute Gasteiger partial charge is 0.0721 e. The summed E-state index contributed by atoms with van der Waals surface area (Å²) < 4.78 is 5.53. The zero-order valence-electron chi connectivity index (χ0n) is 10.4. The molecule has 0 bridgehead atoms. The van der Waals surface area contributed by atoms with Crippen molar-refractivity contribution in [3.05, 3.63) is 35.4 Å². The molecule has 0 spiro atoms. The summed E-state index contributed by atoms with van der Waals surface area (Å²) in [5, 5.41) is 9.87. The second-order valence-corrected chi connectivity index (χ2v) is 5.78. The van der Waals surface area contributed by atoms with Crippen molar-refractivity contribution < 1.29 is 9.84 Å². The summed E-state index contributed by atoms with van der Waals surface area (Å²) in [7, 11) is 1.81. The van der Waals surface area contributed by atoms with E-state index in [1.165, 1.54) is 24.0 Å². The summed E-state index contributed by atoms with van der Waals surface area (Å²) in [5.74, 6) is 0. The van der Waals surface area contributed by atoms with Crippen molar-refractivity contribution in [1.29, 1.82) is 0 Å². The first-order chi connectivity index (χ1) is 8.13. The molecule has 1 aromatic rings. The predicted molar refractivity (Wildman–Crippen MR) is 67.0 cm³/mol. The summed E-state index contributed by atoms with van der Waals surface area (Å²) in [4.78, 5) is 0. The summed E-state index contributed by atoms with van der Waals surface area (Å²) in [5.41, 5.74) is 2.34. The predicted octanol–water partition coefficient (Wildman–Crippen LogP) is 2.48. The first-order valence-corrected chi connectivity index (χ1v) is 6.49. The highest BCUT2D eigenvalue weighted by Crippen LogP contribution is 2.42. The lowest BCUT2D eigenvalue weighted by atomic mass is 10.0. The highest BCUT2D eigenvalue weighted by Gasteiger charge is 2.43. The standard InChI is InChI=1S/C15H20O2/c1-17-15(8-9-15)11-13-4-2-12(3-5-13)10-14(16)6-7-14/h2-5,16H,6-11H2,1H3. The van der Waals surface area contributed by atoms with Gasteiger partial charge in [-0.1, -0.05) is 24.3 Å².